The van der Waals surface area contributed by atoms with Crippen LogP contribution in [0.3, 0.4) is 0 Å². The first-order valence-corrected chi connectivity index (χ1v) is 11.0. The van der Waals surface area contributed by atoms with Crippen molar-refractivity contribution >= 4 is 16.9 Å². The summed E-state index contributed by atoms with van der Waals surface area (Å²) in [4.78, 5) is 28.0. The van der Waals surface area contributed by atoms with Crippen molar-refractivity contribution in [1.82, 2.24) is 19.2 Å². The molecule has 158 valence electrons. The van der Waals surface area contributed by atoms with Gasteiger partial charge in [-0.25, -0.2) is 4.79 Å². The van der Waals surface area contributed by atoms with E-state index in [0.29, 0.717) is 23.8 Å². The summed E-state index contributed by atoms with van der Waals surface area (Å²) < 4.78 is 9.04. The Hall–Kier alpha value is -2.83. The summed E-state index contributed by atoms with van der Waals surface area (Å²) in [5, 5.41) is 3.70. The first-order chi connectivity index (χ1) is 14.6. The largest absolute Gasteiger partial charge is 0.360 e. The molecule has 2 aliphatic carbocycles. The highest BCUT2D eigenvalue weighted by atomic mass is 16.5. The maximum Gasteiger partial charge on any atom is 0.329 e. The van der Waals surface area contributed by atoms with Crippen molar-refractivity contribution < 1.29 is 9.32 Å². The summed E-state index contributed by atoms with van der Waals surface area (Å²) in [5.41, 5.74) is 2.52. The Kier molecular flexibility index (Phi) is 4.97. The van der Waals surface area contributed by atoms with Gasteiger partial charge in [-0.2, -0.15) is 0 Å². The van der Waals surface area contributed by atoms with E-state index in [1.54, 1.807) is 24.2 Å². The number of aromatic nitrogens is 3. The van der Waals surface area contributed by atoms with E-state index >= 15 is 0 Å². The number of nitrogens with zero attached hydrogens (tertiary/aromatic N) is 4. The second kappa shape index (κ2) is 7.78. The van der Waals surface area contributed by atoms with Crippen LogP contribution in [0.2, 0.25) is 0 Å². The Balaban J connectivity index is 1.52. The summed E-state index contributed by atoms with van der Waals surface area (Å²) >= 11 is 0. The van der Waals surface area contributed by atoms with Gasteiger partial charge in [-0.15, -0.1) is 0 Å². The lowest BCUT2D eigenvalue weighted by atomic mass is 9.95. The van der Waals surface area contributed by atoms with Crippen LogP contribution >= 0.6 is 0 Å². The minimum Gasteiger partial charge on any atom is -0.360 e. The minimum absolute atomic E-state index is 0.0865. The summed E-state index contributed by atoms with van der Waals surface area (Å²) in [6.45, 7) is 1.11. The zero-order chi connectivity index (χ0) is 20.7. The van der Waals surface area contributed by atoms with Gasteiger partial charge in [0.15, 0.2) is 5.76 Å². The van der Waals surface area contributed by atoms with Gasteiger partial charge in [0.05, 0.1) is 23.8 Å². The molecule has 1 aromatic carbocycles. The number of benzene rings is 1. The predicted molar refractivity (Wildman–Crippen MR) is 113 cm³/mol. The van der Waals surface area contributed by atoms with Crippen LogP contribution in [0.1, 0.15) is 67.1 Å². The molecule has 2 aromatic heterocycles. The van der Waals surface area contributed by atoms with Gasteiger partial charge >= 0.3 is 5.69 Å². The van der Waals surface area contributed by atoms with Gasteiger partial charge in [0.25, 0.3) is 5.91 Å². The molecule has 0 unspecified atom stereocenters. The van der Waals surface area contributed by atoms with Crippen LogP contribution in [-0.4, -0.2) is 32.1 Å². The Bertz CT molecular complexity index is 1100. The molecule has 7 heteroatoms. The van der Waals surface area contributed by atoms with Gasteiger partial charge in [0.2, 0.25) is 0 Å². The fraction of sp³-hybridized carbons (Fsp3) is 0.522. The summed E-state index contributed by atoms with van der Waals surface area (Å²) in [6.07, 6.45) is 9.66. The SMILES string of the molecule is CN(Cc1ccno1)C(=O)c1ccc2c(c1)n(CC1CC1)c(=O)n2C1CCCCC1. The fourth-order valence-corrected chi connectivity index (χ4v) is 4.69. The molecule has 1 amide bonds. The van der Waals surface area contributed by atoms with Gasteiger partial charge in [0.1, 0.15) is 0 Å². The molecule has 0 saturated heterocycles. The van der Waals surface area contributed by atoms with E-state index in [1.807, 2.05) is 27.3 Å². The number of carbonyl (C=O) groups excluding carboxylic acids is 1. The smallest absolute Gasteiger partial charge is 0.329 e. The van der Waals surface area contributed by atoms with Crippen molar-refractivity contribution in [2.45, 2.75) is 64.1 Å². The van der Waals surface area contributed by atoms with E-state index in [9.17, 15) is 9.59 Å². The minimum atomic E-state index is -0.0934. The van der Waals surface area contributed by atoms with Gasteiger partial charge < -0.3 is 9.42 Å². The molecule has 2 fully saturated rings. The number of hydrogen-bond donors (Lipinski definition) is 0. The maximum atomic E-state index is 13.4. The van der Waals surface area contributed by atoms with Crippen molar-refractivity contribution in [1.29, 1.82) is 0 Å². The molecule has 0 N–H and O–H groups in total. The summed E-state index contributed by atoms with van der Waals surface area (Å²) in [5.74, 6) is 1.13. The fourth-order valence-electron chi connectivity index (χ4n) is 4.69. The third-order valence-corrected chi connectivity index (χ3v) is 6.52. The molecule has 2 saturated carbocycles. The molecule has 0 atom stereocenters. The van der Waals surface area contributed by atoms with Crippen LogP contribution in [-0.2, 0) is 13.1 Å². The molecule has 0 aliphatic heterocycles. The Morgan fingerprint density at radius 2 is 1.93 bits per heavy atom. The molecule has 0 bridgehead atoms. The molecule has 3 aromatic rings. The van der Waals surface area contributed by atoms with Crippen molar-refractivity contribution in [3.05, 3.63) is 52.3 Å². The molecule has 2 aliphatic rings. The van der Waals surface area contributed by atoms with Crippen LogP contribution in [0, 0.1) is 5.92 Å². The van der Waals surface area contributed by atoms with E-state index < -0.39 is 0 Å². The topological polar surface area (TPSA) is 73.3 Å². The molecule has 5 rings (SSSR count). The van der Waals surface area contributed by atoms with Gasteiger partial charge in [-0.05, 0) is 49.8 Å². The van der Waals surface area contributed by atoms with Gasteiger partial charge in [-0.1, -0.05) is 24.4 Å². The molecule has 30 heavy (non-hydrogen) atoms. The van der Waals surface area contributed by atoms with E-state index in [2.05, 4.69) is 5.16 Å². The number of imidazole rings is 1. The highest BCUT2D eigenvalue weighted by molar-refractivity contribution is 5.97. The first kappa shape index (κ1) is 19.2. The molecule has 7 nitrogen and oxygen atoms in total. The molecule has 0 spiro atoms. The van der Waals surface area contributed by atoms with Crippen molar-refractivity contribution in [2.75, 3.05) is 7.05 Å². The monoisotopic (exact) mass is 408 g/mol. The summed E-state index contributed by atoms with van der Waals surface area (Å²) in [7, 11) is 1.75. The highest BCUT2D eigenvalue weighted by Gasteiger charge is 2.28. The lowest BCUT2D eigenvalue weighted by Gasteiger charge is -2.23. The normalized spacial score (nSPS) is 17.5. The van der Waals surface area contributed by atoms with Gasteiger partial charge in [-0.3, -0.25) is 13.9 Å². The Labute approximate surface area is 175 Å². The van der Waals surface area contributed by atoms with E-state index in [-0.39, 0.29) is 17.6 Å². The third-order valence-electron chi connectivity index (χ3n) is 6.52. The molecule has 0 radical (unpaired) electrons. The van der Waals surface area contributed by atoms with Crippen molar-refractivity contribution in [3.63, 3.8) is 0 Å². The predicted octanol–water partition coefficient (Wildman–Crippen LogP) is 3.98. The number of carbonyl (C=O) groups is 1. The van der Waals surface area contributed by atoms with E-state index in [4.69, 9.17) is 4.52 Å². The van der Waals surface area contributed by atoms with Crippen LogP contribution in [0.15, 0.2) is 39.8 Å². The Morgan fingerprint density at radius 1 is 1.13 bits per heavy atom. The quantitative estimate of drug-likeness (QED) is 0.618. The zero-order valence-electron chi connectivity index (χ0n) is 17.4. The average Bonchev–Trinajstić information content (AvgIpc) is 3.37. The lowest BCUT2D eigenvalue weighted by molar-refractivity contribution is 0.0772. The molecular weight excluding hydrogens is 380 g/mol. The van der Waals surface area contributed by atoms with Crippen LogP contribution < -0.4 is 5.69 Å². The average molecular weight is 409 g/mol. The van der Waals surface area contributed by atoms with Crippen LogP contribution in [0.5, 0.6) is 0 Å². The van der Waals surface area contributed by atoms with Crippen LogP contribution in [0.4, 0.5) is 0 Å². The van der Waals surface area contributed by atoms with E-state index in [1.165, 1.54) is 32.1 Å². The number of fused-ring (bicyclic) bond motifs is 1. The number of hydrogen-bond acceptors (Lipinski definition) is 4. The Morgan fingerprint density at radius 3 is 2.63 bits per heavy atom. The first-order valence-electron chi connectivity index (χ1n) is 11.0. The van der Waals surface area contributed by atoms with Gasteiger partial charge in [0, 0.05) is 31.3 Å². The molecule has 2 heterocycles. The zero-order valence-corrected chi connectivity index (χ0v) is 17.4. The molecular formula is C23H28N4O3. The standard InChI is InChI=1S/C23H28N4O3/c1-25(15-19-11-12-24-30-19)22(28)17-9-10-20-21(13-17)26(14-16-7-8-16)23(29)27(20)18-5-3-2-4-6-18/h9-13,16,18H,2-8,14-15H2,1H3. The maximum absolute atomic E-state index is 13.4. The van der Waals surface area contributed by atoms with Crippen LogP contribution in [0.25, 0.3) is 11.0 Å². The number of amides is 1. The second-order valence-corrected chi connectivity index (χ2v) is 8.84. The lowest BCUT2D eigenvalue weighted by Crippen LogP contribution is -2.29. The van der Waals surface area contributed by atoms with Crippen molar-refractivity contribution in [3.8, 4) is 0 Å². The highest BCUT2D eigenvalue weighted by Crippen LogP contribution is 2.34. The third kappa shape index (κ3) is 3.57. The second-order valence-electron chi connectivity index (χ2n) is 8.84. The number of rotatable bonds is 6. The van der Waals surface area contributed by atoms with E-state index in [0.717, 1.165) is 30.4 Å². The van der Waals surface area contributed by atoms with Crippen molar-refractivity contribution in [2.24, 2.45) is 5.92 Å². The summed E-state index contributed by atoms with van der Waals surface area (Å²) in [6, 6.07) is 7.73.